The Balaban J connectivity index is 0.00000361. The van der Waals surface area contributed by atoms with Crippen LogP contribution < -0.4 is 10.6 Å². The molecule has 1 saturated heterocycles. The Labute approximate surface area is 128 Å². The molecule has 120 valence electrons. The zero-order valence-corrected chi connectivity index (χ0v) is 13.7. The minimum absolute atomic E-state index is 0. The fourth-order valence-electron chi connectivity index (χ4n) is 2.09. The fraction of sp³-hybridized carbons (Fsp3) is 0.917. The van der Waals surface area contributed by atoms with Crippen molar-refractivity contribution in [1.29, 1.82) is 0 Å². The van der Waals surface area contributed by atoms with E-state index in [1.165, 1.54) is 4.31 Å². The first-order chi connectivity index (χ1) is 9.06. The van der Waals surface area contributed by atoms with E-state index in [2.05, 4.69) is 10.6 Å². The molecule has 0 atom stereocenters. The number of amides is 1. The SMILES string of the molecule is CNCCCNC(=O)CCCS(=O)(=O)N1CCCC1.Cl. The number of sulfonamides is 1. The van der Waals surface area contributed by atoms with Gasteiger partial charge >= 0.3 is 0 Å². The van der Waals surface area contributed by atoms with Crippen LogP contribution in [0.15, 0.2) is 0 Å². The van der Waals surface area contributed by atoms with Gasteiger partial charge < -0.3 is 10.6 Å². The van der Waals surface area contributed by atoms with Crippen LogP contribution in [-0.4, -0.2) is 57.6 Å². The van der Waals surface area contributed by atoms with Gasteiger partial charge in [0, 0.05) is 26.1 Å². The minimum Gasteiger partial charge on any atom is -0.356 e. The van der Waals surface area contributed by atoms with Crippen molar-refractivity contribution in [2.45, 2.75) is 32.1 Å². The summed E-state index contributed by atoms with van der Waals surface area (Å²) >= 11 is 0. The van der Waals surface area contributed by atoms with E-state index in [1.807, 2.05) is 7.05 Å². The summed E-state index contributed by atoms with van der Waals surface area (Å²) in [6, 6.07) is 0. The molecule has 0 unspecified atom stereocenters. The van der Waals surface area contributed by atoms with Gasteiger partial charge in [-0.05, 0) is 39.3 Å². The van der Waals surface area contributed by atoms with Gasteiger partial charge in [-0.25, -0.2) is 12.7 Å². The molecule has 0 spiro atoms. The molecule has 1 amide bonds. The molecule has 0 aromatic heterocycles. The predicted octanol–water partition coefficient (Wildman–Crippen LogP) is 0.340. The summed E-state index contributed by atoms with van der Waals surface area (Å²) in [6.45, 7) is 2.78. The summed E-state index contributed by atoms with van der Waals surface area (Å²) < 4.78 is 25.3. The zero-order valence-electron chi connectivity index (χ0n) is 12.1. The molecular formula is C12H26ClN3O3S. The Morgan fingerprint density at radius 2 is 1.80 bits per heavy atom. The molecule has 0 saturated carbocycles. The van der Waals surface area contributed by atoms with Gasteiger partial charge in [-0.15, -0.1) is 12.4 Å². The van der Waals surface area contributed by atoms with Gasteiger partial charge in [-0.1, -0.05) is 0 Å². The molecule has 0 aliphatic carbocycles. The quantitative estimate of drug-likeness (QED) is 0.599. The Morgan fingerprint density at radius 3 is 2.40 bits per heavy atom. The molecule has 6 nitrogen and oxygen atoms in total. The first-order valence-electron chi connectivity index (χ1n) is 6.95. The number of carbonyl (C=O) groups excluding carboxylic acids is 1. The van der Waals surface area contributed by atoms with Crippen LogP contribution in [0.3, 0.4) is 0 Å². The van der Waals surface area contributed by atoms with Gasteiger partial charge in [0.1, 0.15) is 0 Å². The topological polar surface area (TPSA) is 78.5 Å². The number of nitrogens with one attached hydrogen (secondary N) is 2. The van der Waals surface area contributed by atoms with Crippen molar-refractivity contribution >= 4 is 28.3 Å². The van der Waals surface area contributed by atoms with E-state index < -0.39 is 10.0 Å². The Bertz CT molecular complexity index is 370. The fourth-order valence-corrected chi connectivity index (χ4v) is 3.67. The van der Waals surface area contributed by atoms with E-state index in [1.54, 1.807) is 0 Å². The largest absolute Gasteiger partial charge is 0.356 e. The first-order valence-corrected chi connectivity index (χ1v) is 8.56. The maximum absolute atomic E-state index is 11.9. The standard InChI is InChI=1S/C12H25N3O3S.ClH/c1-13-7-5-8-14-12(16)6-4-11-19(17,18)15-9-2-3-10-15;/h13H,2-11H2,1H3,(H,14,16);1H. The van der Waals surface area contributed by atoms with E-state index in [0.717, 1.165) is 25.8 Å². The van der Waals surface area contributed by atoms with Crippen molar-refractivity contribution in [2.75, 3.05) is 39.0 Å². The maximum atomic E-state index is 11.9. The molecule has 0 bridgehead atoms. The first kappa shape index (κ1) is 19.6. The molecule has 2 N–H and O–H groups in total. The van der Waals surface area contributed by atoms with Crippen molar-refractivity contribution in [2.24, 2.45) is 0 Å². The van der Waals surface area contributed by atoms with Crippen LogP contribution in [0.2, 0.25) is 0 Å². The van der Waals surface area contributed by atoms with Crippen LogP contribution in [0.5, 0.6) is 0 Å². The molecule has 1 heterocycles. The second-order valence-corrected chi connectivity index (χ2v) is 6.92. The van der Waals surface area contributed by atoms with Crippen LogP contribution >= 0.6 is 12.4 Å². The van der Waals surface area contributed by atoms with E-state index in [4.69, 9.17) is 0 Å². The molecule has 1 fully saturated rings. The van der Waals surface area contributed by atoms with E-state index >= 15 is 0 Å². The Hall–Kier alpha value is -0.370. The van der Waals surface area contributed by atoms with Crippen LogP contribution in [0.25, 0.3) is 0 Å². The summed E-state index contributed by atoms with van der Waals surface area (Å²) in [5.74, 6) is 0.0180. The van der Waals surface area contributed by atoms with E-state index in [-0.39, 0.29) is 30.5 Å². The number of carbonyl (C=O) groups is 1. The highest BCUT2D eigenvalue weighted by Crippen LogP contribution is 2.14. The van der Waals surface area contributed by atoms with Crippen LogP contribution in [-0.2, 0) is 14.8 Å². The second-order valence-electron chi connectivity index (χ2n) is 4.83. The van der Waals surface area contributed by atoms with Gasteiger partial charge in [0.25, 0.3) is 0 Å². The normalized spacial score (nSPS) is 15.8. The van der Waals surface area contributed by atoms with E-state index in [9.17, 15) is 13.2 Å². The lowest BCUT2D eigenvalue weighted by Gasteiger charge is -2.15. The van der Waals surface area contributed by atoms with Gasteiger partial charge in [-0.2, -0.15) is 0 Å². The maximum Gasteiger partial charge on any atom is 0.220 e. The van der Waals surface area contributed by atoms with Crippen LogP contribution in [0.1, 0.15) is 32.1 Å². The van der Waals surface area contributed by atoms with Crippen molar-refractivity contribution in [1.82, 2.24) is 14.9 Å². The molecule has 20 heavy (non-hydrogen) atoms. The summed E-state index contributed by atoms with van der Waals surface area (Å²) in [5, 5.41) is 5.79. The van der Waals surface area contributed by atoms with Crippen LogP contribution in [0, 0.1) is 0 Å². The highest BCUT2D eigenvalue weighted by molar-refractivity contribution is 7.89. The summed E-state index contributed by atoms with van der Waals surface area (Å²) in [7, 11) is -1.28. The summed E-state index contributed by atoms with van der Waals surface area (Å²) in [5.41, 5.74) is 0. The Morgan fingerprint density at radius 1 is 1.15 bits per heavy atom. The average molecular weight is 328 g/mol. The highest BCUT2D eigenvalue weighted by Gasteiger charge is 2.24. The van der Waals surface area contributed by atoms with Gasteiger partial charge in [0.05, 0.1) is 5.75 Å². The van der Waals surface area contributed by atoms with E-state index in [0.29, 0.717) is 26.1 Å². The molecular weight excluding hydrogens is 302 g/mol. The van der Waals surface area contributed by atoms with Crippen molar-refractivity contribution in [3.63, 3.8) is 0 Å². The van der Waals surface area contributed by atoms with Crippen molar-refractivity contribution in [3.8, 4) is 0 Å². The number of nitrogens with zero attached hydrogens (tertiary/aromatic N) is 1. The highest BCUT2D eigenvalue weighted by atomic mass is 35.5. The predicted molar refractivity (Wildman–Crippen MR) is 82.6 cm³/mol. The minimum atomic E-state index is -3.14. The van der Waals surface area contributed by atoms with Crippen molar-refractivity contribution in [3.05, 3.63) is 0 Å². The average Bonchev–Trinajstić information content (AvgIpc) is 2.89. The lowest BCUT2D eigenvalue weighted by molar-refractivity contribution is -0.121. The van der Waals surface area contributed by atoms with Gasteiger partial charge in [0.15, 0.2) is 0 Å². The Kier molecular flexibility index (Phi) is 10.2. The number of rotatable bonds is 9. The van der Waals surface area contributed by atoms with Gasteiger partial charge in [0.2, 0.25) is 15.9 Å². The van der Waals surface area contributed by atoms with Crippen LogP contribution in [0.4, 0.5) is 0 Å². The number of halogens is 1. The molecule has 1 aliphatic heterocycles. The number of hydrogen-bond donors (Lipinski definition) is 2. The summed E-state index contributed by atoms with van der Waals surface area (Å²) in [6.07, 6.45) is 3.47. The third kappa shape index (κ3) is 7.42. The summed E-state index contributed by atoms with van der Waals surface area (Å²) in [4.78, 5) is 11.5. The molecule has 1 aliphatic rings. The molecule has 8 heteroatoms. The monoisotopic (exact) mass is 327 g/mol. The third-order valence-electron chi connectivity index (χ3n) is 3.19. The third-order valence-corrected chi connectivity index (χ3v) is 5.15. The lowest BCUT2D eigenvalue weighted by atomic mass is 10.3. The smallest absolute Gasteiger partial charge is 0.220 e. The molecule has 0 aromatic rings. The van der Waals surface area contributed by atoms with Crippen molar-refractivity contribution < 1.29 is 13.2 Å². The molecule has 0 aromatic carbocycles. The lowest BCUT2D eigenvalue weighted by Crippen LogP contribution is -2.31. The second kappa shape index (κ2) is 10.4. The number of hydrogen-bond acceptors (Lipinski definition) is 4. The molecule has 1 rings (SSSR count). The zero-order chi connectivity index (χ0) is 14.1. The van der Waals surface area contributed by atoms with Gasteiger partial charge in [-0.3, -0.25) is 4.79 Å². The molecule has 0 radical (unpaired) electrons.